The molecule has 0 amide bonds. The third kappa shape index (κ3) is 5.17. The van der Waals surface area contributed by atoms with E-state index in [0.29, 0.717) is 0 Å². The zero-order chi connectivity index (χ0) is 14.3. The molecule has 0 atom stereocenters. The quantitative estimate of drug-likeness (QED) is 0.749. The molecule has 0 radical (unpaired) electrons. The van der Waals surface area contributed by atoms with E-state index in [1.54, 1.807) is 0 Å². The minimum absolute atomic E-state index is 1.00. The second kappa shape index (κ2) is 7.69. The van der Waals surface area contributed by atoms with Crippen LogP contribution in [0.4, 0.5) is 0 Å². The Hall–Kier alpha value is -1.58. The van der Waals surface area contributed by atoms with Crippen molar-refractivity contribution in [2.24, 2.45) is 0 Å². The predicted molar refractivity (Wildman–Crippen MR) is 76.9 cm³/mol. The predicted octanol–water partition coefficient (Wildman–Crippen LogP) is 3.70. The highest BCUT2D eigenvalue weighted by Gasteiger charge is 1.94. The van der Waals surface area contributed by atoms with Crippen molar-refractivity contribution in [3.63, 3.8) is 0 Å². The molecule has 0 aliphatic carbocycles. The summed E-state index contributed by atoms with van der Waals surface area (Å²) in [4.78, 5) is 14.5. The molecule has 0 fully saturated rings. The Labute approximate surface area is 110 Å². The topological polar surface area (TPSA) is 57.4 Å². The molecule has 2 aromatic rings. The Morgan fingerprint density at radius 3 is 0.944 bits per heavy atom. The Bertz CT molecular complexity index is 383. The van der Waals surface area contributed by atoms with Crippen LogP contribution in [0.15, 0.2) is 0 Å². The molecule has 102 valence electrons. The molecule has 18 heavy (non-hydrogen) atoms. The van der Waals surface area contributed by atoms with E-state index < -0.39 is 0 Å². The highest BCUT2D eigenvalue weighted by atomic mass is 14.9. The molecule has 2 rings (SSSR count). The van der Waals surface area contributed by atoms with Gasteiger partial charge in [-0.1, -0.05) is 13.8 Å². The number of rotatable bonds is 0. The van der Waals surface area contributed by atoms with E-state index in [-0.39, 0.29) is 0 Å². The number of hydrogen-bond acceptors (Lipinski definition) is 2. The van der Waals surface area contributed by atoms with E-state index in [9.17, 15) is 0 Å². The van der Waals surface area contributed by atoms with Crippen LogP contribution in [0.2, 0.25) is 0 Å². The molecule has 0 saturated carbocycles. The second-order valence-corrected chi connectivity index (χ2v) is 4.07. The van der Waals surface area contributed by atoms with Gasteiger partial charge in [-0.2, -0.15) is 0 Å². The Balaban J connectivity index is 0.000000283. The van der Waals surface area contributed by atoms with Crippen LogP contribution in [-0.2, 0) is 0 Å². The van der Waals surface area contributed by atoms with Gasteiger partial charge < -0.3 is 9.97 Å². The Morgan fingerprint density at radius 2 is 0.889 bits per heavy atom. The zero-order valence-corrected chi connectivity index (χ0v) is 12.9. The van der Waals surface area contributed by atoms with Crippen molar-refractivity contribution < 1.29 is 0 Å². The van der Waals surface area contributed by atoms with Crippen LogP contribution in [0.5, 0.6) is 0 Å². The normalized spacial score (nSPS) is 9.11. The summed E-state index contributed by atoms with van der Waals surface area (Å²) in [6.07, 6.45) is 0. The Kier molecular flexibility index (Phi) is 7.01. The number of nitrogens with zero attached hydrogens (tertiary/aromatic N) is 2. The highest BCUT2D eigenvalue weighted by Crippen LogP contribution is 2.00. The number of imidazole rings is 2. The van der Waals surface area contributed by atoms with E-state index in [4.69, 9.17) is 0 Å². The summed E-state index contributed by atoms with van der Waals surface area (Å²) >= 11 is 0. The molecule has 0 saturated heterocycles. The summed E-state index contributed by atoms with van der Waals surface area (Å²) in [5.74, 6) is 2.00. The summed E-state index contributed by atoms with van der Waals surface area (Å²) in [5.41, 5.74) is 4.54. The molecule has 0 aromatic carbocycles. The molecule has 2 aromatic heterocycles. The third-order valence-corrected chi connectivity index (χ3v) is 2.49. The molecule has 0 aliphatic heterocycles. The fraction of sp³-hybridized carbons (Fsp3) is 0.571. The molecule has 4 heteroatoms. The molecule has 0 aliphatic rings. The van der Waals surface area contributed by atoms with Gasteiger partial charge in [0.1, 0.15) is 11.6 Å². The number of aromatic nitrogens is 4. The minimum Gasteiger partial charge on any atom is -0.346 e. The lowest BCUT2D eigenvalue weighted by Gasteiger charge is -1.79. The van der Waals surface area contributed by atoms with Gasteiger partial charge in [0.15, 0.2) is 0 Å². The lowest BCUT2D eigenvalue weighted by molar-refractivity contribution is 1.12. The van der Waals surface area contributed by atoms with Gasteiger partial charge in [-0.25, -0.2) is 9.97 Å². The number of hydrogen-bond donors (Lipinski definition) is 2. The molecule has 0 spiro atoms. The maximum absolute atomic E-state index is 4.16. The lowest BCUT2D eigenvalue weighted by atomic mass is 10.4. The van der Waals surface area contributed by atoms with Gasteiger partial charge in [0.2, 0.25) is 0 Å². The number of H-pyrrole nitrogens is 2. The van der Waals surface area contributed by atoms with Gasteiger partial charge in [-0.3, -0.25) is 0 Å². The van der Waals surface area contributed by atoms with Crippen molar-refractivity contribution in [1.29, 1.82) is 0 Å². The van der Waals surface area contributed by atoms with Crippen molar-refractivity contribution in [2.45, 2.75) is 55.4 Å². The van der Waals surface area contributed by atoms with Gasteiger partial charge in [0.25, 0.3) is 0 Å². The first-order valence-corrected chi connectivity index (χ1v) is 6.39. The molecule has 4 nitrogen and oxygen atoms in total. The van der Waals surface area contributed by atoms with Crippen LogP contribution in [0.1, 0.15) is 48.3 Å². The number of aryl methyl sites for hydroxylation is 6. The summed E-state index contributed by atoms with van der Waals surface area (Å²) in [5, 5.41) is 0. The molecule has 0 bridgehead atoms. The van der Waals surface area contributed by atoms with E-state index in [2.05, 4.69) is 19.9 Å². The monoisotopic (exact) mass is 250 g/mol. The maximum Gasteiger partial charge on any atom is 0.103 e. The third-order valence-electron chi connectivity index (χ3n) is 2.49. The van der Waals surface area contributed by atoms with Crippen molar-refractivity contribution >= 4 is 0 Å². The van der Waals surface area contributed by atoms with E-state index in [0.717, 1.165) is 23.0 Å². The lowest BCUT2D eigenvalue weighted by Crippen LogP contribution is -1.71. The van der Waals surface area contributed by atoms with Crippen LogP contribution >= 0.6 is 0 Å². The summed E-state index contributed by atoms with van der Waals surface area (Å²) < 4.78 is 0. The van der Waals surface area contributed by atoms with E-state index in [1.165, 1.54) is 11.4 Å². The molecule has 2 heterocycles. The molecule has 2 N–H and O–H groups in total. The van der Waals surface area contributed by atoms with Crippen molar-refractivity contribution in [2.75, 3.05) is 0 Å². The van der Waals surface area contributed by atoms with Crippen molar-refractivity contribution in [3.8, 4) is 0 Å². The number of aromatic amines is 2. The Morgan fingerprint density at radius 1 is 0.611 bits per heavy atom. The summed E-state index contributed by atoms with van der Waals surface area (Å²) in [6, 6.07) is 0. The standard InChI is InChI=1S/2C6H10N2.C2H6/c2*1-4-5(2)8-6(3)7-4;1-2/h2*1-3H3,(H,7,8);1-2H3. The average Bonchev–Trinajstić information content (AvgIpc) is 2.74. The zero-order valence-electron chi connectivity index (χ0n) is 12.9. The van der Waals surface area contributed by atoms with Crippen LogP contribution in [-0.4, -0.2) is 19.9 Å². The largest absolute Gasteiger partial charge is 0.346 e. The molecule has 0 unspecified atom stereocenters. The first kappa shape index (κ1) is 16.4. The van der Waals surface area contributed by atoms with Gasteiger partial charge in [-0.15, -0.1) is 0 Å². The second-order valence-electron chi connectivity index (χ2n) is 4.07. The van der Waals surface area contributed by atoms with Crippen LogP contribution < -0.4 is 0 Å². The molecular formula is C14H26N4. The minimum atomic E-state index is 1.00. The van der Waals surface area contributed by atoms with Gasteiger partial charge in [0.05, 0.1) is 11.4 Å². The van der Waals surface area contributed by atoms with E-state index in [1.807, 2.05) is 55.4 Å². The SMILES string of the molecule is CC.Cc1nc(C)c(C)[nH]1.Cc1nc(C)c(C)[nH]1. The summed E-state index contributed by atoms with van der Waals surface area (Å²) in [6.45, 7) is 16.0. The van der Waals surface area contributed by atoms with Gasteiger partial charge in [-0.05, 0) is 41.5 Å². The average molecular weight is 250 g/mol. The fourth-order valence-corrected chi connectivity index (χ4v) is 1.45. The van der Waals surface area contributed by atoms with Crippen LogP contribution in [0.25, 0.3) is 0 Å². The highest BCUT2D eigenvalue weighted by molar-refractivity contribution is 5.09. The van der Waals surface area contributed by atoms with Crippen LogP contribution in [0, 0.1) is 41.5 Å². The fourth-order valence-electron chi connectivity index (χ4n) is 1.45. The van der Waals surface area contributed by atoms with Crippen molar-refractivity contribution in [3.05, 3.63) is 34.4 Å². The smallest absolute Gasteiger partial charge is 0.103 e. The van der Waals surface area contributed by atoms with Gasteiger partial charge in [0, 0.05) is 11.4 Å². The first-order chi connectivity index (χ1) is 8.40. The first-order valence-electron chi connectivity index (χ1n) is 6.39. The maximum atomic E-state index is 4.16. The van der Waals surface area contributed by atoms with Crippen molar-refractivity contribution in [1.82, 2.24) is 19.9 Å². The van der Waals surface area contributed by atoms with Gasteiger partial charge >= 0.3 is 0 Å². The molecular weight excluding hydrogens is 224 g/mol. The number of nitrogens with one attached hydrogen (secondary N) is 2. The van der Waals surface area contributed by atoms with Crippen LogP contribution in [0.3, 0.4) is 0 Å². The summed E-state index contributed by atoms with van der Waals surface area (Å²) in [7, 11) is 0. The van der Waals surface area contributed by atoms with E-state index >= 15 is 0 Å².